The Bertz CT molecular complexity index is 485. The lowest BCUT2D eigenvalue weighted by molar-refractivity contribution is 0.408. The third-order valence-electron chi connectivity index (χ3n) is 2.77. The van der Waals surface area contributed by atoms with Gasteiger partial charge >= 0.3 is 0 Å². The third-order valence-corrected chi connectivity index (χ3v) is 3.85. The summed E-state index contributed by atoms with van der Waals surface area (Å²) >= 11 is 7.90. The Balaban J connectivity index is 1.86. The van der Waals surface area contributed by atoms with Crippen molar-refractivity contribution in [2.45, 2.75) is 13.0 Å². The quantitative estimate of drug-likeness (QED) is 0.815. The van der Waals surface area contributed by atoms with Crippen LogP contribution < -0.4 is 10.1 Å². The molecule has 4 heteroatoms. The van der Waals surface area contributed by atoms with Crippen LogP contribution in [0.15, 0.2) is 35.0 Å². The van der Waals surface area contributed by atoms with E-state index in [1.54, 1.807) is 18.4 Å². The Morgan fingerprint density at radius 1 is 1.33 bits per heavy atom. The number of benzene rings is 1. The Kier molecular flexibility index (Phi) is 5.05. The highest BCUT2D eigenvalue weighted by Gasteiger charge is 2.06. The van der Waals surface area contributed by atoms with Crippen molar-refractivity contribution in [1.82, 2.24) is 5.32 Å². The van der Waals surface area contributed by atoms with Crippen molar-refractivity contribution in [2.75, 3.05) is 13.7 Å². The SMILES string of the molecule is COc1cccc(Cl)c1CNCCc1ccsc1. The van der Waals surface area contributed by atoms with E-state index >= 15 is 0 Å². The zero-order valence-electron chi connectivity index (χ0n) is 10.3. The first-order valence-corrected chi connectivity index (χ1v) is 7.16. The lowest BCUT2D eigenvalue weighted by Gasteiger charge is -2.11. The fourth-order valence-electron chi connectivity index (χ4n) is 1.78. The van der Waals surface area contributed by atoms with Crippen LogP contribution in [-0.4, -0.2) is 13.7 Å². The molecule has 1 aromatic heterocycles. The standard InChI is InChI=1S/C14H16ClNOS/c1-17-14-4-2-3-13(15)12(14)9-16-7-5-11-6-8-18-10-11/h2-4,6,8,10,16H,5,7,9H2,1H3. The van der Waals surface area contributed by atoms with Gasteiger partial charge in [-0.25, -0.2) is 0 Å². The molecule has 0 fully saturated rings. The molecule has 0 saturated heterocycles. The molecule has 1 aromatic carbocycles. The van der Waals surface area contributed by atoms with Gasteiger partial charge in [0.1, 0.15) is 5.75 Å². The first-order valence-electron chi connectivity index (χ1n) is 5.84. The second-order valence-corrected chi connectivity index (χ2v) is 5.17. The largest absolute Gasteiger partial charge is 0.496 e. The second-order valence-electron chi connectivity index (χ2n) is 3.98. The average Bonchev–Trinajstić information content (AvgIpc) is 2.89. The van der Waals surface area contributed by atoms with Crippen molar-refractivity contribution in [3.63, 3.8) is 0 Å². The summed E-state index contributed by atoms with van der Waals surface area (Å²) in [6.45, 7) is 1.66. The van der Waals surface area contributed by atoms with Gasteiger partial charge in [0.2, 0.25) is 0 Å². The van der Waals surface area contributed by atoms with Gasteiger partial charge in [-0.15, -0.1) is 0 Å². The highest BCUT2D eigenvalue weighted by molar-refractivity contribution is 7.07. The molecule has 0 aliphatic rings. The van der Waals surface area contributed by atoms with E-state index in [0.717, 1.165) is 35.8 Å². The molecule has 0 bridgehead atoms. The number of hydrogen-bond donors (Lipinski definition) is 1. The Labute approximate surface area is 117 Å². The summed E-state index contributed by atoms with van der Waals surface area (Å²) in [5, 5.41) is 8.43. The molecule has 2 rings (SSSR count). The summed E-state index contributed by atoms with van der Waals surface area (Å²) in [6, 6.07) is 7.88. The maximum atomic E-state index is 6.17. The zero-order chi connectivity index (χ0) is 12.8. The monoisotopic (exact) mass is 281 g/mol. The number of hydrogen-bond acceptors (Lipinski definition) is 3. The number of halogens is 1. The lowest BCUT2D eigenvalue weighted by atomic mass is 10.2. The van der Waals surface area contributed by atoms with Gasteiger partial charge in [0, 0.05) is 17.1 Å². The minimum Gasteiger partial charge on any atom is -0.496 e. The third kappa shape index (κ3) is 3.48. The van der Waals surface area contributed by atoms with Crippen molar-refractivity contribution >= 4 is 22.9 Å². The molecule has 0 atom stereocenters. The van der Waals surface area contributed by atoms with Gasteiger partial charge in [0.05, 0.1) is 7.11 Å². The molecule has 18 heavy (non-hydrogen) atoms. The van der Waals surface area contributed by atoms with E-state index in [1.807, 2.05) is 18.2 Å². The molecular formula is C14H16ClNOS. The van der Waals surface area contributed by atoms with Crippen LogP contribution in [0.3, 0.4) is 0 Å². The van der Waals surface area contributed by atoms with Gasteiger partial charge in [-0.2, -0.15) is 11.3 Å². The number of thiophene rings is 1. The lowest BCUT2D eigenvalue weighted by Crippen LogP contribution is -2.17. The zero-order valence-corrected chi connectivity index (χ0v) is 11.9. The van der Waals surface area contributed by atoms with Crippen LogP contribution in [0.4, 0.5) is 0 Å². The molecule has 0 aliphatic carbocycles. The summed E-state index contributed by atoms with van der Waals surface area (Å²) in [5.41, 5.74) is 2.39. The number of methoxy groups -OCH3 is 1. The molecule has 1 heterocycles. The maximum absolute atomic E-state index is 6.17. The summed E-state index contributed by atoms with van der Waals surface area (Å²) < 4.78 is 5.31. The molecule has 0 spiro atoms. The molecular weight excluding hydrogens is 266 g/mol. The Hall–Kier alpha value is -1.03. The normalized spacial score (nSPS) is 10.6. The van der Waals surface area contributed by atoms with Crippen molar-refractivity contribution in [3.8, 4) is 5.75 Å². The fourth-order valence-corrected chi connectivity index (χ4v) is 2.72. The van der Waals surface area contributed by atoms with Gasteiger partial charge < -0.3 is 10.1 Å². The summed E-state index contributed by atoms with van der Waals surface area (Å²) in [4.78, 5) is 0. The minimum absolute atomic E-state index is 0.729. The Morgan fingerprint density at radius 2 is 2.22 bits per heavy atom. The number of nitrogens with one attached hydrogen (secondary N) is 1. The predicted molar refractivity (Wildman–Crippen MR) is 77.7 cm³/mol. The van der Waals surface area contributed by atoms with E-state index in [-0.39, 0.29) is 0 Å². The van der Waals surface area contributed by atoms with Crippen molar-refractivity contribution < 1.29 is 4.74 Å². The highest BCUT2D eigenvalue weighted by atomic mass is 35.5. The molecule has 0 radical (unpaired) electrons. The topological polar surface area (TPSA) is 21.3 Å². The Morgan fingerprint density at radius 3 is 2.94 bits per heavy atom. The number of ether oxygens (including phenoxy) is 1. The van der Waals surface area contributed by atoms with E-state index in [0.29, 0.717) is 0 Å². The second kappa shape index (κ2) is 6.78. The summed E-state index contributed by atoms with van der Waals surface area (Å²) in [6.07, 6.45) is 1.04. The average molecular weight is 282 g/mol. The molecule has 2 aromatic rings. The molecule has 0 amide bonds. The fraction of sp³-hybridized carbons (Fsp3) is 0.286. The van der Waals surface area contributed by atoms with Gasteiger partial charge in [0.15, 0.2) is 0 Å². The minimum atomic E-state index is 0.729. The van der Waals surface area contributed by atoms with E-state index in [1.165, 1.54) is 5.56 Å². The van der Waals surface area contributed by atoms with Crippen LogP contribution in [0.2, 0.25) is 5.02 Å². The maximum Gasteiger partial charge on any atom is 0.124 e. The number of rotatable bonds is 6. The van der Waals surface area contributed by atoms with E-state index < -0.39 is 0 Å². The van der Waals surface area contributed by atoms with Crippen LogP contribution in [0, 0.1) is 0 Å². The van der Waals surface area contributed by atoms with Gasteiger partial charge in [-0.05, 0) is 47.5 Å². The molecule has 1 N–H and O–H groups in total. The molecule has 0 aliphatic heterocycles. The van der Waals surface area contributed by atoms with Crippen LogP contribution in [-0.2, 0) is 13.0 Å². The van der Waals surface area contributed by atoms with Crippen LogP contribution in [0.1, 0.15) is 11.1 Å². The molecule has 96 valence electrons. The first kappa shape index (κ1) is 13.4. The van der Waals surface area contributed by atoms with E-state index in [2.05, 4.69) is 22.1 Å². The highest BCUT2D eigenvalue weighted by Crippen LogP contribution is 2.25. The summed E-state index contributed by atoms with van der Waals surface area (Å²) in [5.74, 6) is 0.838. The van der Waals surface area contributed by atoms with Crippen LogP contribution >= 0.6 is 22.9 Å². The van der Waals surface area contributed by atoms with Gasteiger partial charge in [0.25, 0.3) is 0 Å². The first-order chi connectivity index (χ1) is 8.81. The van der Waals surface area contributed by atoms with E-state index in [9.17, 15) is 0 Å². The summed E-state index contributed by atoms with van der Waals surface area (Å²) in [7, 11) is 1.67. The molecule has 0 saturated carbocycles. The van der Waals surface area contributed by atoms with Crippen molar-refractivity contribution in [2.24, 2.45) is 0 Å². The molecule has 0 unspecified atom stereocenters. The van der Waals surface area contributed by atoms with Crippen LogP contribution in [0.25, 0.3) is 0 Å². The van der Waals surface area contributed by atoms with Gasteiger partial charge in [-0.1, -0.05) is 17.7 Å². The van der Waals surface area contributed by atoms with E-state index in [4.69, 9.17) is 16.3 Å². The predicted octanol–water partition coefficient (Wildman–Crippen LogP) is 3.74. The van der Waals surface area contributed by atoms with Gasteiger partial charge in [-0.3, -0.25) is 0 Å². The smallest absolute Gasteiger partial charge is 0.124 e. The van der Waals surface area contributed by atoms with Crippen molar-refractivity contribution in [1.29, 1.82) is 0 Å². The van der Waals surface area contributed by atoms with Crippen LogP contribution in [0.5, 0.6) is 5.75 Å². The van der Waals surface area contributed by atoms with Crippen molar-refractivity contribution in [3.05, 3.63) is 51.2 Å². The molecule has 2 nitrogen and oxygen atoms in total.